The Hall–Kier alpha value is -1.33. The topological polar surface area (TPSA) is 66.6 Å². The normalized spacial score (nSPS) is 14.0. The van der Waals surface area contributed by atoms with Gasteiger partial charge >= 0.3 is 5.97 Å². The highest BCUT2D eigenvalue weighted by atomic mass is 16.4. The fourth-order valence-corrected chi connectivity index (χ4v) is 2.50. The number of carboxylic acids is 1. The van der Waals surface area contributed by atoms with E-state index in [-0.39, 0.29) is 0 Å². The summed E-state index contributed by atoms with van der Waals surface area (Å²) < 4.78 is 0. The molecular formula is C17H29BN2O2. The Bertz CT molecular complexity index is 442. The standard InChI is InChI=1S/C17H29BN2O2/c1-20(13-9-15-7-3-2-4-8-15)14-11-17(19,16(21)22)10-5-6-12-18/h2-4,7-8H,5-6,9-14,18-19H2,1H3,(H,21,22)/t17-/m1/s1. The second kappa shape index (κ2) is 9.64. The molecule has 0 aliphatic heterocycles. The minimum absolute atomic E-state index is 0.497. The summed E-state index contributed by atoms with van der Waals surface area (Å²) in [4.78, 5) is 13.6. The Morgan fingerprint density at radius 1 is 1.23 bits per heavy atom. The van der Waals surface area contributed by atoms with Crippen LogP contribution >= 0.6 is 0 Å². The van der Waals surface area contributed by atoms with Gasteiger partial charge in [-0.2, -0.15) is 0 Å². The molecule has 0 heterocycles. The molecule has 0 fully saturated rings. The first-order valence-corrected chi connectivity index (χ1v) is 8.22. The lowest BCUT2D eigenvalue weighted by Gasteiger charge is -2.27. The Kier molecular flexibility index (Phi) is 8.21. The SMILES string of the molecule is BCCCC[C@@](N)(CCN(C)CCc1ccccc1)C(=O)O. The van der Waals surface area contributed by atoms with Crippen molar-refractivity contribution >= 4 is 13.8 Å². The van der Waals surface area contributed by atoms with Crippen molar-refractivity contribution in [1.82, 2.24) is 4.90 Å². The zero-order valence-electron chi connectivity index (χ0n) is 13.9. The molecule has 1 aromatic rings. The highest BCUT2D eigenvalue weighted by Crippen LogP contribution is 2.17. The summed E-state index contributed by atoms with van der Waals surface area (Å²) in [7, 11) is 4.13. The number of aliphatic carboxylic acids is 1. The second-order valence-corrected chi connectivity index (χ2v) is 6.21. The predicted molar refractivity (Wildman–Crippen MR) is 94.0 cm³/mol. The Labute approximate surface area is 135 Å². The van der Waals surface area contributed by atoms with Gasteiger partial charge in [0.1, 0.15) is 13.4 Å². The fourth-order valence-electron chi connectivity index (χ4n) is 2.50. The number of hydrogen-bond acceptors (Lipinski definition) is 3. The van der Waals surface area contributed by atoms with Gasteiger partial charge in [-0.05, 0) is 31.9 Å². The van der Waals surface area contributed by atoms with Crippen molar-refractivity contribution in [2.24, 2.45) is 5.73 Å². The molecule has 5 heteroatoms. The maximum absolute atomic E-state index is 11.5. The van der Waals surface area contributed by atoms with Crippen molar-refractivity contribution in [2.45, 2.75) is 44.0 Å². The minimum Gasteiger partial charge on any atom is -0.480 e. The van der Waals surface area contributed by atoms with Crippen molar-refractivity contribution in [1.29, 1.82) is 0 Å². The van der Waals surface area contributed by atoms with Crippen LogP contribution in [0.5, 0.6) is 0 Å². The van der Waals surface area contributed by atoms with Crippen LogP contribution in [0.4, 0.5) is 0 Å². The molecule has 0 aliphatic carbocycles. The van der Waals surface area contributed by atoms with Crippen LogP contribution in [0.3, 0.4) is 0 Å². The quantitative estimate of drug-likeness (QED) is 0.481. The molecule has 0 saturated heterocycles. The Morgan fingerprint density at radius 2 is 1.91 bits per heavy atom. The van der Waals surface area contributed by atoms with Gasteiger partial charge in [0.2, 0.25) is 0 Å². The molecule has 0 radical (unpaired) electrons. The number of nitrogens with zero attached hydrogens (tertiary/aromatic N) is 1. The van der Waals surface area contributed by atoms with E-state index in [4.69, 9.17) is 5.73 Å². The minimum atomic E-state index is -1.09. The monoisotopic (exact) mass is 304 g/mol. The lowest BCUT2D eigenvalue weighted by molar-refractivity contribution is -0.144. The highest BCUT2D eigenvalue weighted by molar-refractivity contribution is 6.08. The Balaban J connectivity index is 2.38. The van der Waals surface area contributed by atoms with Gasteiger partial charge in [0, 0.05) is 13.1 Å². The van der Waals surface area contributed by atoms with Crippen molar-refractivity contribution < 1.29 is 9.90 Å². The molecule has 122 valence electrons. The molecular weight excluding hydrogens is 275 g/mol. The van der Waals surface area contributed by atoms with Crippen LogP contribution in [-0.2, 0) is 11.2 Å². The van der Waals surface area contributed by atoms with E-state index in [1.54, 1.807) is 0 Å². The number of likely N-dealkylation sites (N-methyl/N-ethyl adjacent to an activating group) is 1. The molecule has 4 nitrogen and oxygen atoms in total. The summed E-state index contributed by atoms with van der Waals surface area (Å²) in [6.45, 7) is 1.62. The average molecular weight is 304 g/mol. The smallest absolute Gasteiger partial charge is 0.323 e. The molecule has 1 aromatic carbocycles. The molecule has 0 bridgehead atoms. The van der Waals surface area contributed by atoms with Crippen molar-refractivity contribution in [2.75, 3.05) is 20.1 Å². The summed E-state index contributed by atoms with van der Waals surface area (Å²) in [6, 6.07) is 10.3. The number of hydrogen-bond donors (Lipinski definition) is 2. The van der Waals surface area contributed by atoms with Gasteiger partial charge in [0.15, 0.2) is 0 Å². The van der Waals surface area contributed by atoms with Gasteiger partial charge in [-0.1, -0.05) is 49.5 Å². The molecule has 3 N–H and O–H groups in total. The molecule has 1 atom stereocenters. The van der Waals surface area contributed by atoms with E-state index in [9.17, 15) is 9.90 Å². The van der Waals surface area contributed by atoms with Crippen LogP contribution in [0, 0.1) is 0 Å². The second-order valence-electron chi connectivity index (χ2n) is 6.21. The van der Waals surface area contributed by atoms with Crippen LogP contribution in [0.25, 0.3) is 0 Å². The van der Waals surface area contributed by atoms with Gasteiger partial charge in [0.05, 0.1) is 0 Å². The number of nitrogens with two attached hydrogens (primary N) is 1. The zero-order chi connectivity index (χ0) is 16.4. The third-order valence-electron chi connectivity index (χ3n) is 4.22. The number of rotatable bonds is 11. The summed E-state index contributed by atoms with van der Waals surface area (Å²) >= 11 is 0. The van der Waals surface area contributed by atoms with Crippen LogP contribution in [0.1, 0.15) is 31.2 Å². The average Bonchev–Trinajstić information content (AvgIpc) is 2.52. The first-order chi connectivity index (χ1) is 10.5. The van der Waals surface area contributed by atoms with E-state index in [0.29, 0.717) is 19.4 Å². The summed E-state index contributed by atoms with van der Waals surface area (Å²) in [5.41, 5.74) is 6.32. The van der Waals surface area contributed by atoms with Crippen molar-refractivity contribution in [3.05, 3.63) is 35.9 Å². The van der Waals surface area contributed by atoms with E-state index in [1.807, 2.05) is 25.2 Å². The zero-order valence-corrected chi connectivity index (χ0v) is 13.9. The van der Waals surface area contributed by atoms with Crippen molar-refractivity contribution in [3.63, 3.8) is 0 Å². The largest absolute Gasteiger partial charge is 0.480 e. The van der Waals surface area contributed by atoms with Crippen LogP contribution < -0.4 is 5.73 Å². The third-order valence-corrected chi connectivity index (χ3v) is 4.22. The first-order valence-electron chi connectivity index (χ1n) is 8.22. The van der Waals surface area contributed by atoms with E-state index >= 15 is 0 Å². The molecule has 0 spiro atoms. The first kappa shape index (κ1) is 18.7. The van der Waals surface area contributed by atoms with E-state index < -0.39 is 11.5 Å². The van der Waals surface area contributed by atoms with Gasteiger partial charge in [0.25, 0.3) is 0 Å². The molecule has 1 rings (SSSR count). The molecule has 22 heavy (non-hydrogen) atoms. The van der Waals surface area contributed by atoms with E-state index in [1.165, 1.54) is 5.56 Å². The maximum Gasteiger partial charge on any atom is 0.323 e. The van der Waals surface area contributed by atoms with Crippen molar-refractivity contribution in [3.8, 4) is 0 Å². The number of benzene rings is 1. The third kappa shape index (κ3) is 6.63. The van der Waals surface area contributed by atoms with Gasteiger partial charge < -0.3 is 15.7 Å². The Morgan fingerprint density at radius 3 is 2.50 bits per heavy atom. The number of unbranched alkanes of at least 4 members (excludes halogenated alkanes) is 1. The van der Waals surface area contributed by atoms with E-state index in [0.717, 1.165) is 32.1 Å². The number of carboxylic acid groups (broad SMARTS) is 1. The highest BCUT2D eigenvalue weighted by Gasteiger charge is 2.33. The lowest BCUT2D eigenvalue weighted by Crippen LogP contribution is -2.50. The molecule has 0 unspecified atom stereocenters. The lowest BCUT2D eigenvalue weighted by atomic mass is 9.88. The molecule has 0 aliphatic rings. The summed E-state index contributed by atoms with van der Waals surface area (Å²) in [5.74, 6) is -0.875. The van der Waals surface area contributed by atoms with Gasteiger partial charge in [-0.15, -0.1) is 0 Å². The number of carbonyl (C=O) groups is 1. The predicted octanol–water partition coefficient (Wildman–Crippen LogP) is 1.55. The van der Waals surface area contributed by atoms with Crippen LogP contribution in [0.15, 0.2) is 30.3 Å². The molecule has 0 amide bonds. The molecule has 0 aromatic heterocycles. The van der Waals surface area contributed by atoms with Crippen LogP contribution in [-0.4, -0.2) is 49.5 Å². The summed E-state index contributed by atoms with van der Waals surface area (Å²) in [6.07, 6.45) is 5.02. The maximum atomic E-state index is 11.5. The van der Waals surface area contributed by atoms with Gasteiger partial charge in [-0.3, -0.25) is 4.79 Å². The fraction of sp³-hybridized carbons (Fsp3) is 0.588. The van der Waals surface area contributed by atoms with E-state index in [2.05, 4.69) is 24.9 Å². The molecule has 0 saturated carbocycles. The summed E-state index contributed by atoms with van der Waals surface area (Å²) in [5, 5.41) is 9.41. The van der Waals surface area contributed by atoms with Gasteiger partial charge in [-0.25, -0.2) is 0 Å². The van der Waals surface area contributed by atoms with Crippen LogP contribution in [0.2, 0.25) is 6.32 Å².